The maximum absolute atomic E-state index is 11.5. The molecular weight excluding hydrogens is 338 g/mol. The van der Waals surface area contributed by atoms with Gasteiger partial charge in [-0.2, -0.15) is 0 Å². The number of nitrogens with two attached hydrogens (primary N) is 1. The third kappa shape index (κ3) is 2.97. The zero-order chi connectivity index (χ0) is 17.4. The van der Waals surface area contributed by atoms with Crippen molar-refractivity contribution in [3.8, 4) is 33.8 Å². The van der Waals surface area contributed by atoms with Crippen LogP contribution in [0, 0.1) is 0 Å². The second-order valence-electron chi connectivity index (χ2n) is 5.69. The number of primary sulfonamides is 1. The average Bonchev–Trinajstić information content (AvgIpc) is 3.08. The lowest BCUT2D eigenvalue weighted by molar-refractivity contribution is 0.174. The van der Waals surface area contributed by atoms with E-state index in [1.54, 1.807) is 12.1 Å². The van der Waals surface area contributed by atoms with E-state index in [0.29, 0.717) is 11.5 Å². The van der Waals surface area contributed by atoms with Crippen molar-refractivity contribution in [2.24, 2.45) is 5.14 Å². The summed E-state index contributed by atoms with van der Waals surface area (Å²) in [5.41, 5.74) is 3.81. The fourth-order valence-electron chi connectivity index (χ4n) is 2.86. The molecule has 126 valence electrons. The SMILES string of the molecule is NS(=O)(=O)c1ccc(-c2cc3c(cc2-c2ccccc2)OCO3)cc1. The van der Waals surface area contributed by atoms with Crippen LogP contribution in [0.2, 0.25) is 0 Å². The topological polar surface area (TPSA) is 78.6 Å². The van der Waals surface area contributed by atoms with Gasteiger partial charge in [0.05, 0.1) is 4.90 Å². The van der Waals surface area contributed by atoms with E-state index in [1.165, 1.54) is 12.1 Å². The standard InChI is InChI=1S/C19H15NO4S/c20-25(21,22)15-8-6-14(7-9-15)17-11-19-18(23-12-24-19)10-16(17)13-4-2-1-3-5-13/h1-11H,12H2,(H2,20,21,22). The van der Waals surface area contributed by atoms with Gasteiger partial charge in [0.25, 0.3) is 0 Å². The molecule has 25 heavy (non-hydrogen) atoms. The van der Waals surface area contributed by atoms with Gasteiger partial charge in [-0.05, 0) is 46.5 Å². The molecule has 0 saturated carbocycles. The van der Waals surface area contributed by atoms with E-state index in [1.807, 2.05) is 42.5 Å². The van der Waals surface area contributed by atoms with Gasteiger partial charge in [-0.25, -0.2) is 13.6 Å². The Hall–Kier alpha value is -2.83. The molecule has 0 saturated heterocycles. The predicted molar refractivity (Wildman–Crippen MR) is 94.8 cm³/mol. The van der Waals surface area contributed by atoms with E-state index in [9.17, 15) is 8.42 Å². The second-order valence-corrected chi connectivity index (χ2v) is 7.25. The maximum atomic E-state index is 11.5. The van der Waals surface area contributed by atoms with Crippen molar-refractivity contribution in [1.29, 1.82) is 0 Å². The van der Waals surface area contributed by atoms with Crippen LogP contribution in [-0.4, -0.2) is 15.2 Å². The van der Waals surface area contributed by atoms with Crippen LogP contribution in [0.5, 0.6) is 11.5 Å². The molecule has 4 rings (SSSR count). The second kappa shape index (κ2) is 5.91. The van der Waals surface area contributed by atoms with Crippen molar-refractivity contribution in [3.05, 3.63) is 66.7 Å². The van der Waals surface area contributed by atoms with Gasteiger partial charge in [-0.3, -0.25) is 0 Å². The Morgan fingerprint density at radius 1 is 0.760 bits per heavy atom. The number of benzene rings is 3. The molecule has 0 fully saturated rings. The number of fused-ring (bicyclic) bond motifs is 1. The van der Waals surface area contributed by atoms with E-state index in [2.05, 4.69) is 0 Å². The molecule has 0 spiro atoms. The van der Waals surface area contributed by atoms with Gasteiger partial charge in [0, 0.05) is 0 Å². The number of sulfonamides is 1. The Kier molecular flexibility index (Phi) is 3.71. The Morgan fingerprint density at radius 2 is 1.28 bits per heavy atom. The Balaban J connectivity index is 1.89. The highest BCUT2D eigenvalue weighted by atomic mass is 32.2. The lowest BCUT2D eigenvalue weighted by Crippen LogP contribution is -2.11. The highest BCUT2D eigenvalue weighted by Crippen LogP contribution is 2.42. The van der Waals surface area contributed by atoms with Crippen LogP contribution < -0.4 is 14.6 Å². The Labute approximate surface area is 145 Å². The van der Waals surface area contributed by atoms with Crippen LogP contribution in [0.3, 0.4) is 0 Å². The molecule has 6 heteroatoms. The summed E-state index contributed by atoms with van der Waals surface area (Å²) in [6, 6.07) is 20.3. The van der Waals surface area contributed by atoms with Crippen molar-refractivity contribution in [1.82, 2.24) is 0 Å². The first-order valence-electron chi connectivity index (χ1n) is 7.65. The first kappa shape index (κ1) is 15.7. The number of hydrogen-bond acceptors (Lipinski definition) is 4. The minimum Gasteiger partial charge on any atom is -0.454 e. The van der Waals surface area contributed by atoms with Crippen LogP contribution >= 0.6 is 0 Å². The summed E-state index contributed by atoms with van der Waals surface area (Å²) in [5.74, 6) is 1.37. The zero-order valence-corrected chi connectivity index (χ0v) is 14.0. The molecule has 1 aliphatic heterocycles. The first-order valence-corrected chi connectivity index (χ1v) is 9.19. The fraction of sp³-hybridized carbons (Fsp3) is 0.0526. The van der Waals surface area contributed by atoms with Gasteiger partial charge in [-0.15, -0.1) is 0 Å². The lowest BCUT2D eigenvalue weighted by atomic mass is 9.94. The minimum absolute atomic E-state index is 0.0817. The van der Waals surface area contributed by atoms with Gasteiger partial charge in [-0.1, -0.05) is 42.5 Å². The molecule has 5 nitrogen and oxygen atoms in total. The normalized spacial score (nSPS) is 13.0. The molecule has 3 aromatic carbocycles. The Morgan fingerprint density at radius 3 is 1.80 bits per heavy atom. The smallest absolute Gasteiger partial charge is 0.238 e. The molecule has 0 amide bonds. The van der Waals surface area contributed by atoms with E-state index in [0.717, 1.165) is 22.3 Å². The van der Waals surface area contributed by atoms with Crippen molar-refractivity contribution in [3.63, 3.8) is 0 Å². The summed E-state index contributed by atoms with van der Waals surface area (Å²) < 4.78 is 33.9. The minimum atomic E-state index is -3.72. The molecule has 0 aliphatic carbocycles. The summed E-state index contributed by atoms with van der Waals surface area (Å²) in [6.07, 6.45) is 0. The number of ether oxygens (including phenoxy) is 2. The highest BCUT2D eigenvalue weighted by molar-refractivity contribution is 7.89. The average molecular weight is 353 g/mol. The van der Waals surface area contributed by atoms with Gasteiger partial charge >= 0.3 is 0 Å². The molecule has 1 heterocycles. The molecule has 0 bridgehead atoms. The van der Waals surface area contributed by atoms with Crippen molar-refractivity contribution in [2.75, 3.05) is 6.79 Å². The third-order valence-corrected chi connectivity index (χ3v) is 5.02. The summed E-state index contributed by atoms with van der Waals surface area (Å²) in [5, 5.41) is 5.18. The monoisotopic (exact) mass is 353 g/mol. The summed E-state index contributed by atoms with van der Waals surface area (Å²) >= 11 is 0. The third-order valence-electron chi connectivity index (χ3n) is 4.09. The van der Waals surface area contributed by atoms with Crippen LogP contribution in [0.1, 0.15) is 0 Å². The predicted octanol–water partition coefficient (Wildman–Crippen LogP) is 3.40. The molecule has 2 N–H and O–H groups in total. The van der Waals surface area contributed by atoms with Gasteiger partial charge in [0.15, 0.2) is 11.5 Å². The molecular formula is C19H15NO4S. The van der Waals surface area contributed by atoms with Gasteiger partial charge in [0.2, 0.25) is 16.8 Å². The van der Waals surface area contributed by atoms with E-state index < -0.39 is 10.0 Å². The summed E-state index contributed by atoms with van der Waals surface area (Å²) in [6.45, 7) is 0.192. The van der Waals surface area contributed by atoms with Crippen LogP contribution in [0.15, 0.2) is 71.6 Å². The van der Waals surface area contributed by atoms with Crippen LogP contribution in [-0.2, 0) is 10.0 Å². The molecule has 1 aliphatic rings. The largest absolute Gasteiger partial charge is 0.454 e. The lowest BCUT2D eigenvalue weighted by Gasteiger charge is -2.12. The van der Waals surface area contributed by atoms with Gasteiger partial charge < -0.3 is 9.47 Å². The van der Waals surface area contributed by atoms with Crippen molar-refractivity contribution in [2.45, 2.75) is 4.90 Å². The number of rotatable bonds is 3. The van der Waals surface area contributed by atoms with Gasteiger partial charge in [0.1, 0.15) is 0 Å². The fourth-order valence-corrected chi connectivity index (χ4v) is 3.38. The summed E-state index contributed by atoms with van der Waals surface area (Å²) in [4.78, 5) is 0.0817. The Bertz CT molecular complexity index is 1030. The van der Waals surface area contributed by atoms with E-state index in [4.69, 9.17) is 14.6 Å². The molecule has 0 radical (unpaired) electrons. The zero-order valence-electron chi connectivity index (χ0n) is 13.2. The molecule has 3 aromatic rings. The van der Waals surface area contributed by atoms with Crippen LogP contribution in [0.25, 0.3) is 22.3 Å². The van der Waals surface area contributed by atoms with Crippen molar-refractivity contribution >= 4 is 10.0 Å². The molecule has 0 atom stereocenters. The number of hydrogen-bond donors (Lipinski definition) is 1. The first-order chi connectivity index (χ1) is 12.0. The highest BCUT2D eigenvalue weighted by Gasteiger charge is 2.19. The quantitative estimate of drug-likeness (QED) is 0.783. The maximum Gasteiger partial charge on any atom is 0.238 e. The molecule has 0 unspecified atom stereocenters. The van der Waals surface area contributed by atoms with Crippen LogP contribution in [0.4, 0.5) is 0 Å². The summed E-state index contributed by atoms with van der Waals surface area (Å²) in [7, 11) is -3.72. The van der Waals surface area contributed by atoms with Crippen molar-refractivity contribution < 1.29 is 17.9 Å². The molecule has 0 aromatic heterocycles. The van der Waals surface area contributed by atoms with E-state index >= 15 is 0 Å². The van der Waals surface area contributed by atoms with E-state index in [-0.39, 0.29) is 11.7 Å².